The Balaban J connectivity index is 2.12. The number of benzene rings is 1. The van der Waals surface area contributed by atoms with Gasteiger partial charge in [-0.15, -0.1) is 0 Å². The number of nitrogens with zero attached hydrogens (tertiary/aromatic N) is 2. The van der Waals surface area contributed by atoms with Crippen LogP contribution >= 0.6 is 23.2 Å². The van der Waals surface area contributed by atoms with Crippen molar-refractivity contribution < 1.29 is 5.11 Å². The van der Waals surface area contributed by atoms with Crippen LogP contribution in [0, 0.1) is 0 Å². The number of nitrogens with one attached hydrogen (secondary N) is 1. The Morgan fingerprint density at radius 1 is 1.40 bits per heavy atom. The topological polar surface area (TPSA) is 67.2 Å². The Bertz CT molecular complexity index is 673. The van der Waals surface area contributed by atoms with Crippen molar-refractivity contribution in [3.63, 3.8) is 0 Å². The largest absolute Gasteiger partial charge is 0.387 e. The van der Waals surface area contributed by atoms with E-state index in [4.69, 9.17) is 23.2 Å². The van der Waals surface area contributed by atoms with Crippen molar-refractivity contribution in [3.8, 4) is 0 Å². The molecule has 0 aliphatic heterocycles. The van der Waals surface area contributed by atoms with Crippen molar-refractivity contribution in [2.75, 3.05) is 11.9 Å². The third-order valence-corrected chi connectivity index (χ3v) is 3.54. The van der Waals surface area contributed by atoms with Crippen molar-refractivity contribution in [3.05, 3.63) is 56.4 Å². The number of halogens is 2. The lowest BCUT2D eigenvalue weighted by atomic mass is 10.1. The van der Waals surface area contributed by atoms with Gasteiger partial charge in [-0.2, -0.15) is 5.10 Å². The molecule has 106 valence electrons. The van der Waals surface area contributed by atoms with E-state index in [2.05, 4.69) is 10.4 Å². The summed E-state index contributed by atoms with van der Waals surface area (Å²) in [7, 11) is 1.51. The molecule has 1 unspecified atom stereocenters. The number of aliphatic hydroxyl groups excluding tert-OH is 1. The highest BCUT2D eigenvalue weighted by molar-refractivity contribution is 6.33. The van der Waals surface area contributed by atoms with Crippen LogP contribution in [0.1, 0.15) is 11.7 Å². The van der Waals surface area contributed by atoms with Crippen molar-refractivity contribution in [1.29, 1.82) is 0 Å². The zero-order valence-corrected chi connectivity index (χ0v) is 12.2. The molecule has 1 aromatic heterocycles. The molecule has 0 amide bonds. The summed E-state index contributed by atoms with van der Waals surface area (Å²) >= 11 is 11.9. The lowest BCUT2D eigenvalue weighted by Gasteiger charge is -2.15. The molecule has 2 aromatic rings. The fraction of sp³-hybridized carbons (Fsp3) is 0.231. The normalized spacial score (nSPS) is 12.2. The van der Waals surface area contributed by atoms with Crippen LogP contribution in [0.15, 0.2) is 35.3 Å². The zero-order chi connectivity index (χ0) is 14.7. The molecule has 0 aliphatic carbocycles. The van der Waals surface area contributed by atoms with Crippen LogP contribution in [-0.2, 0) is 7.05 Å². The van der Waals surface area contributed by atoms with E-state index in [-0.39, 0.29) is 11.6 Å². The molecule has 1 heterocycles. The predicted octanol–water partition coefficient (Wildman–Crippen LogP) is 2.23. The third-order valence-electron chi connectivity index (χ3n) is 2.83. The summed E-state index contributed by atoms with van der Waals surface area (Å²) in [5.41, 5.74) is 0.583. The summed E-state index contributed by atoms with van der Waals surface area (Å²) < 4.78 is 1.14. The SMILES string of the molecule is Cn1ncc(NCC(O)c2ccccc2Cl)c(Cl)c1=O. The second-order valence-corrected chi connectivity index (χ2v) is 5.00. The van der Waals surface area contributed by atoms with E-state index in [9.17, 15) is 9.90 Å². The van der Waals surface area contributed by atoms with Gasteiger partial charge < -0.3 is 10.4 Å². The van der Waals surface area contributed by atoms with Gasteiger partial charge in [0.2, 0.25) is 0 Å². The van der Waals surface area contributed by atoms with Gasteiger partial charge in [0.15, 0.2) is 0 Å². The third kappa shape index (κ3) is 3.12. The number of aryl methyl sites for hydroxylation is 1. The molecule has 0 spiro atoms. The van der Waals surface area contributed by atoms with Gasteiger partial charge in [0.05, 0.1) is 18.0 Å². The Labute approximate surface area is 125 Å². The average Bonchev–Trinajstić information content (AvgIpc) is 2.44. The van der Waals surface area contributed by atoms with Crippen LogP contribution in [-0.4, -0.2) is 21.4 Å². The molecule has 0 aliphatic rings. The molecule has 0 saturated carbocycles. The highest BCUT2D eigenvalue weighted by Crippen LogP contribution is 2.23. The van der Waals surface area contributed by atoms with Gasteiger partial charge in [-0.25, -0.2) is 4.68 Å². The summed E-state index contributed by atoms with van der Waals surface area (Å²) in [6.45, 7) is 0.165. The molecular formula is C13H13Cl2N3O2. The Kier molecular flexibility index (Phi) is 4.65. The van der Waals surface area contributed by atoms with Gasteiger partial charge in [0, 0.05) is 24.2 Å². The number of aromatic nitrogens is 2. The van der Waals surface area contributed by atoms with Crippen molar-refractivity contribution in [2.45, 2.75) is 6.10 Å². The fourth-order valence-electron chi connectivity index (χ4n) is 1.70. The monoisotopic (exact) mass is 313 g/mol. The van der Waals surface area contributed by atoms with Crippen molar-refractivity contribution in [1.82, 2.24) is 9.78 Å². The summed E-state index contributed by atoms with van der Waals surface area (Å²) in [5, 5.41) is 17.3. The smallest absolute Gasteiger partial charge is 0.287 e. The van der Waals surface area contributed by atoms with Crippen molar-refractivity contribution in [2.24, 2.45) is 7.05 Å². The van der Waals surface area contributed by atoms with Crippen LogP contribution < -0.4 is 10.9 Å². The van der Waals surface area contributed by atoms with Gasteiger partial charge in [-0.3, -0.25) is 4.79 Å². The lowest BCUT2D eigenvalue weighted by Crippen LogP contribution is -2.22. The minimum Gasteiger partial charge on any atom is -0.387 e. The lowest BCUT2D eigenvalue weighted by molar-refractivity contribution is 0.191. The number of hydrogen-bond acceptors (Lipinski definition) is 4. The molecule has 2 rings (SSSR count). The molecule has 2 N–H and O–H groups in total. The molecule has 0 saturated heterocycles. The fourth-order valence-corrected chi connectivity index (χ4v) is 2.20. The first-order valence-electron chi connectivity index (χ1n) is 5.89. The highest BCUT2D eigenvalue weighted by Gasteiger charge is 2.13. The van der Waals surface area contributed by atoms with Crippen LogP contribution in [0.4, 0.5) is 5.69 Å². The average molecular weight is 314 g/mol. The first-order valence-corrected chi connectivity index (χ1v) is 6.64. The number of aliphatic hydroxyl groups is 1. The van der Waals surface area contributed by atoms with E-state index in [1.165, 1.54) is 13.2 Å². The Hall–Kier alpha value is -1.56. The number of hydrogen-bond donors (Lipinski definition) is 2. The van der Waals surface area contributed by atoms with Crippen LogP contribution in [0.25, 0.3) is 0 Å². The molecule has 7 heteroatoms. The summed E-state index contributed by atoms with van der Waals surface area (Å²) in [5.74, 6) is 0. The molecule has 0 bridgehead atoms. The maximum absolute atomic E-state index is 11.6. The highest BCUT2D eigenvalue weighted by atomic mass is 35.5. The molecule has 1 aromatic carbocycles. The van der Waals surface area contributed by atoms with Gasteiger partial charge in [-0.05, 0) is 6.07 Å². The second kappa shape index (κ2) is 6.26. The summed E-state index contributed by atoms with van der Waals surface area (Å²) in [6.07, 6.45) is 0.618. The standard InChI is InChI=1S/C13H13Cl2N3O2/c1-18-13(20)12(15)10(6-17-18)16-7-11(19)8-4-2-3-5-9(8)14/h2-6,11,16,19H,7H2,1H3. The maximum Gasteiger partial charge on any atom is 0.287 e. The summed E-state index contributed by atoms with van der Waals surface area (Å²) in [4.78, 5) is 11.6. The minimum absolute atomic E-state index is 0.0360. The first kappa shape index (κ1) is 14.8. The maximum atomic E-state index is 11.6. The number of anilines is 1. The number of rotatable bonds is 4. The molecule has 0 radical (unpaired) electrons. The van der Waals surface area contributed by atoms with Crippen molar-refractivity contribution >= 4 is 28.9 Å². The Morgan fingerprint density at radius 2 is 2.10 bits per heavy atom. The van der Waals surface area contributed by atoms with Crippen LogP contribution in [0.5, 0.6) is 0 Å². The molecule has 1 atom stereocenters. The minimum atomic E-state index is -0.816. The van der Waals surface area contributed by atoms with E-state index >= 15 is 0 Å². The van der Waals surface area contributed by atoms with Crippen LogP contribution in [0.2, 0.25) is 10.0 Å². The van der Waals surface area contributed by atoms with E-state index in [0.29, 0.717) is 16.3 Å². The second-order valence-electron chi connectivity index (χ2n) is 4.22. The van der Waals surface area contributed by atoms with Crippen LogP contribution in [0.3, 0.4) is 0 Å². The first-order chi connectivity index (χ1) is 9.50. The van der Waals surface area contributed by atoms with E-state index in [1.807, 2.05) is 0 Å². The van der Waals surface area contributed by atoms with Gasteiger partial charge in [0.25, 0.3) is 5.56 Å². The van der Waals surface area contributed by atoms with E-state index in [0.717, 1.165) is 4.68 Å². The quantitative estimate of drug-likeness (QED) is 0.908. The summed E-state index contributed by atoms with van der Waals surface area (Å²) in [6, 6.07) is 7.01. The molecule has 5 nitrogen and oxygen atoms in total. The van der Waals surface area contributed by atoms with Gasteiger partial charge in [0.1, 0.15) is 5.02 Å². The molecule has 20 heavy (non-hydrogen) atoms. The molecular weight excluding hydrogens is 301 g/mol. The van der Waals surface area contributed by atoms with Gasteiger partial charge >= 0.3 is 0 Å². The van der Waals surface area contributed by atoms with E-state index in [1.54, 1.807) is 24.3 Å². The van der Waals surface area contributed by atoms with E-state index < -0.39 is 11.7 Å². The predicted molar refractivity (Wildman–Crippen MR) is 79.4 cm³/mol. The zero-order valence-electron chi connectivity index (χ0n) is 10.7. The van der Waals surface area contributed by atoms with Gasteiger partial charge in [-0.1, -0.05) is 41.4 Å². The molecule has 0 fully saturated rings. The Morgan fingerprint density at radius 3 is 2.80 bits per heavy atom.